The topological polar surface area (TPSA) is 35.5 Å². The summed E-state index contributed by atoms with van der Waals surface area (Å²) in [5.74, 6) is -0.219. The van der Waals surface area contributed by atoms with Crippen molar-refractivity contribution in [3.05, 3.63) is 65.5 Å². The Hall–Kier alpha value is -1.91. The van der Waals surface area contributed by atoms with E-state index in [0.29, 0.717) is 5.56 Å². The van der Waals surface area contributed by atoms with Crippen LogP contribution in [0.3, 0.4) is 0 Å². The molecule has 3 rings (SSSR count). The summed E-state index contributed by atoms with van der Waals surface area (Å²) in [6.07, 6.45) is 1.61. The van der Waals surface area contributed by atoms with Crippen LogP contribution in [0.2, 0.25) is 0 Å². The third kappa shape index (κ3) is 4.08. The third-order valence-corrected chi connectivity index (χ3v) is 5.59. The Morgan fingerprint density at radius 1 is 1.15 bits per heavy atom. The van der Waals surface area contributed by atoms with E-state index in [2.05, 4.69) is 48.3 Å². The highest BCUT2D eigenvalue weighted by molar-refractivity contribution is 5.48. The molecule has 1 atom stereocenters. The minimum atomic E-state index is -0.432. The number of aliphatic hydroxyl groups is 1. The van der Waals surface area contributed by atoms with E-state index >= 15 is 0 Å². The fourth-order valence-electron chi connectivity index (χ4n) is 4.03. The second-order valence-electron chi connectivity index (χ2n) is 8.17. The molecular weight excluding hydrogens is 327 g/mol. The summed E-state index contributed by atoms with van der Waals surface area (Å²) in [7, 11) is 0. The number of piperidine rings is 1. The van der Waals surface area contributed by atoms with Gasteiger partial charge in [0, 0.05) is 24.3 Å². The van der Waals surface area contributed by atoms with Crippen LogP contribution in [0.25, 0.3) is 0 Å². The minimum absolute atomic E-state index is 0.0328. The Bertz CT molecular complexity index is 747. The minimum Gasteiger partial charge on any atom is -0.394 e. The number of benzene rings is 2. The van der Waals surface area contributed by atoms with E-state index in [4.69, 9.17) is 0 Å². The predicted octanol–water partition coefficient (Wildman–Crippen LogP) is 4.35. The summed E-state index contributed by atoms with van der Waals surface area (Å²) in [5.41, 5.74) is 2.15. The molecule has 26 heavy (non-hydrogen) atoms. The molecule has 0 bridgehead atoms. The number of likely N-dealkylation sites (tertiary alicyclic amines) is 1. The van der Waals surface area contributed by atoms with Gasteiger partial charge in [0.15, 0.2) is 0 Å². The van der Waals surface area contributed by atoms with E-state index in [1.165, 1.54) is 11.6 Å². The molecule has 1 aliphatic heterocycles. The van der Waals surface area contributed by atoms with Gasteiger partial charge < -0.3 is 10.4 Å². The van der Waals surface area contributed by atoms with Crippen LogP contribution in [-0.4, -0.2) is 34.2 Å². The second kappa shape index (κ2) is 7.37. The van der Waals surface area contributed by atoms with Gasteiger partial charge in [-0.2, -0.15) is 0 Å². The summed E-state index contributed by atoms with van der Waals surface area (Å²) >= 11 is 0. The van der Waals surface area contributed by atoms with Crippen molar-refractivity contribution in [2.75, 3.05) is 18.5 Å². The van der Waals surface area contributed by atoms with Gasteiger partial charge in [-0.05, 0) is 56.9 Å². The van der Waals surface area contributed by atoms with Crippen LogP contribution in [0.5, 0.6) is 0 Å². The normalized spacial score (nSPS) is 23.0. The molecule has 2 N–H and O–H groups in total. The molecule has 0 radical (unpaired) electrons. The van der Waals surface area contributed by atoms with Crippen molar-refractivity contribution in [2.45, 2.75) is 51.2 Å². The highest BCUT2D eigenvalue weighted by atomic mass is 19.1. The molecule has 0 spiro atoms. The lowest BCUT2D eigenvalue weighted by Gasteiger charge is -2.51. The first-order valence-corrected chi connectivity index (χ1v) is 9.28. The van der Waals surface area contributed by atoms with E-state index in [0.717, 1.165) is 31.6 Å². The molecule has 2 aromatic carbocycles. The average Bonchev–Trinajstić information content (AvgIpc) is 2.61. The first kappa shape index (κ1) is 18.9. The van der Waals surface area contributed by atoms with Crippen LogP contribution in [0.4, 0.5) is 10.1 Å². The van der Waals surface area contributed by atoms with Crippen molar-refractivity contribution >= 4 is 5.69 Å². The molecule has 0 aromatic heterocycles. The Labute approximate surface area is 155 Å². The van der Waals surface area contributed by atoms with E-state index in [1.54, 1.807) is 13.0 Å². The first-order chi connectivity index (χ1) is 12.3. The highest BCUT2D eigenvalue weighted by Gasteiger charge is 2.43. The van der Waals surface area contributed by atoms with Crippen LogP contribution in [-0.2, 0) is 6.54 Å². The zero-order valence-corrected chi connectivity index (χ0v) is 15.9. The average molecular weight is 356 g/mol. The summed E-state index contributed by atoms with van der Waals surface area (Å²) in [6.45, 7) is 8.00. The van der Waals surface area contributed by atoms with Gasteiger partial charge in [-0.3, -0.25) is 4.90 Å². The van der Waals surface area contributed by atoms with Gasteiger partial charge in [0.2, 0.25) is 0 Å². The van der Waals surface area contributed by atoms with Gasteiger partial charge in [-0.15, -0.1) is 0 Å². The number of aliphatic hydroxyl groups excluding tert-OH is 1. The Morgan fingerprint density at radius 2 is 1.88 bits per heavy atom. The second-order valence-corrected chi connectivity index (χ2v) is 8.17. The van der Waals surface area contributed by atoms with Gasteiger partial charge in [0.1, 0.15) is 5.82 Å². The largest absolute Gasteiger partial charge is 0.394 e. The Kier molecular flexibility index (Phi) is 5.35. The molecule has 2 aromatic rings. The van der Waals surface area contributed by atoms with Crippen LogP contribution in [0.1, 0.15) is 37.8 Å². The molecule has 1 aliphatic rings. The summed E-state index contributed by atoms with van der Waals surface area (Å²) in [4.78, 5) is 2.47. The molecule has 0 amide bonds. The number of rotatable bonds is 5. The maximum absolute atomic E-state index is 13.9. The van der Waals surface area contributed by atoms with E-state index in [1.807, 2.05) is 12.1 Å². The number of nitrogens with zero attached hydrogens (tertiary/aromatic N) is 1. The molecule has 1 fully saturated rings. The van der Waals surface area contributed by atoms with Crippen LogP contribution >= 0.6 is 0 Å². The van der Waals surface area contributed by atoms with Crippen LogP contribution in [0.15, 0.2) is 48.5 Å². The Balaban J connectivity index is 1.75. The number of halogens is 1. The van der Waals surface area contributed by atoms with E-state index < -0.39 is 5.54 Å². The molecular formula is C22H29FN2O. The molecule has 1 saturated heterocycles. The number of hydrogen-bond donors (Lipinski definition) is 2. The van der Waals surface area contributed by atoms with Gasteiger partial charge in [0.25, 0.3) is 0 Å². The fourth-order valence-corrected chi connectivity index (χ4v) is 4.03. The van der Waals surface area contributed by atoms with Crippen molar-refractivity contribution in [1.29, 1.82) is 0 Å². The maximum atomic E-state index is 13.9. The standard InChI is InChI=1S/C22H29FN2O/c1-17-9-10-19(13-20(17)23)24-22(16-26)11-12-25(21(2,3)15-22)14-18-7-5-4-6-8-18/h4-10,13,24,26H,11-12,14-16H2,1-3H3/t22-/m1/s1. The molecule has 4 heteroatoms. The summed E-state index contributed by atoms with van der Waals surface area (Å²) < 4.78 is 13.9. The highest BCUT2D eigenvalue weighted by Crippen LogP contribution is 2.37. The molecule has 0 aliphatic carbocycles. The number of anilines is 1. The van der Waals surface area contributed by atoms with Crippen molar-refractivity contribution in [3.63, 3.8) is 0 Å². The number of hydrogen-bond acceptors (Lipinski definition) is 3. The van der Waals surface area contributed by atoms with Gasteiger partial charge in [-0.25, -0.2) is 4.39 Å². The SMILES string of the molecule is Cc1ccc(N[C@]2(CO)CCN(Cc3ccccc3)C(C)(C)C2)cc1F. The zero-order valence-electron chi connectivity index (χ0n) is 15.9. The third-order valence-electron chi connectivity index (χ3n) is 5.59. The molecule has 0 saturated carbocycles. The monoisotopic (exact) mass is 356 g/mol. The quantitative estimate of drug-likeness (QED) is 0.836. The first-order valence-electron chi connectivity index (χ1n) is 9.28. The van der Waals surface area contributed by atoms with E-state index in [9.17, 15) is 9.50 Å². The molecule has 0 unspecified atom stereocenters. The summed E-state index contributed by atoms with van der Waals surface area (Å²) in [6, 6.07) is 15.7. The Morgan fingerprint density at radius 3 is 2.50 bits per heavy atom. The van der Waals surface area contributed by atoms with Crippen molar-refractivity contribution in [3.8, 4) is 0 Å². The fraction of sp³-hybridized carbons (Fsp3) is 0.455. The van der Waals surface area contributed by atoms with Crippen LogP contribution < -0.4 is 5.32 Å². The molecule has 3 nitrogen and oxygen atoms in total. The lowest BCUT2D eigenvalue weighted by Crippen LogP contribution is -2.60. The lowest BCUT2D eigenvalue weighted by molar-refractivity contribution is 0.0148. The van der Waals surface area contributed by atoms with Crippen molar-refractivity contribution < 1.29 is 9.50 Å². The zero-order chi connectivity index (χ0) is 18.8. The molecule has 140 valence electrons. The van der Waals surface area contributed by atoms with Crippen molar-refractivity contribution in [2.24, 2.45) is 0 Å². The maximum Gasteiger partial charge on any atom is 0.128 e. The summed E-state index contributed by atoms with van der Waals surface area (Å²) in [5, 5.41) is 13.6. The number of aryl methyl sites for hydroxylation is 1. The van der Waals surface area contributed by atoms with Gasteiger partial charge >= 0.3 is 0 Å². The smallest absolute Gasteiger partial charge is 0.128 e. The van der Waals surface area contributed by atoms with Gasteiger partial charge in [0.05, 0.1) is 12.1 Å². The lowest BCUT2D eigenvalue weighted by atomic mass is 9.76. The van der Waals surface area contributed by atoms with Crippen molar-refractivity contribution in [1.82, 2.24) is 4.90 Å². The number of nitrogens with one attached hydrogen (secondary N) is 1. The van der Waals surface area contributed by atoms with E-state index in [-0.39, 0.29) is 18.0 Å². The van der Waals surface area contributed by atoms with Gasteiger partial charge in [-0.1, -0.05) is 36.4 Å². The van der Waals surface area contributed by atoms with Crippen LogP contribution in [0, 0.1) is 12.7 Å². The molecule has 1 heterocycles. The predicted molar refractivity (Wildman–Crippen MR) is 105 cm³/mol.